The number of carbonyl (C=O) groups is 2. The van der Waals surface area contributed by atoms with Gasteiger partial charge in [-0.1, -0.05) is 0 Å². The Balaban J connectivity index is 1.60. The number of Topliss-reactive ketones (excluding diaryl/α,β-unsaturated/α-hetero) is 1. The normalized spacial score (nSPS) is 10.5. The van der Waals surface area contributed by atoms with Gasteiger partial charge in [-0.25, -0.2) is 9.97 Å². The molecule has 7 heteroatoms. The molecular weight excluding hydrogens is 368 g/mol. The molecule has 0 fully saturated rings. The summed E-state index contributed by atoms with van der Waals surface area (Å²) in [6.07, 6.45) is 2.99. The van der Waals surface area contributed by atoms with Crippen LogP contribution in [0.25, 0.3) is 0 Å². The summed E-state index contributed by atoms with van der Waals surface area (Å²) >= 11 is 0. The van der Waals surface area contributed by atoms with Crippen LogP contribution < -0.4 is 15.4 Å². The van der Waals surface area contributed by atoms with Crippen molar-refractivity contribution in [3.8, 4) is 5.75 Å². The summed E-state index contributed by atoms with van der Waals surface area (Å²) < 4.78 is 5.58. The summed E-state index contributed by atoms with van der Waals surface area (Å²) in [6, 6.07) is 14.1. The number of nitrogens with one attached hydrogen (secondary N) is 2. The lowest BCUT2D eigenvalue weighted by Gasteiger charge is -2.10. The molecular formula is C22H22N4O3. The smallest absolute Gasteiger partial charge is 0.258 e. The Morgan fingerprint density at radius 1 is 0.862 bits per heavy atom. The average Bonchev–Trinajstić information content (AvgIpc) is 2.70. The topological polar surface area (TPSA) is 93.2 Å². The van der Waals surface area contributed by atoms with Gasteiger partial charge in [0.05, 0.1) is 11.7 Å². The Morgan fingerprint density at radius 3 is 2.00 bits per heavy atom. The second kappa shape index (κ2) is 8.97. The van der Waals surface area contributed by atoms with E-state index in [9.17, 15) is 9.59 Å². The summed E-state index contributed by atoms with van der Waals surface area (Å²) in [5.41, 5.74) is 2.37. The third kappa shape index (κ3) is 5.62. The average molecular weight is 390 g/mol. The molecule has 3 aromatic rings. The van der Waals surface area contributed by atoms with Crippen molar-refractivity contribution in [3.63, 3.8) is 0 Å². The van der Waals surface area contributed by atoms with Gasteiger partial charge in [0.1, 0.15) is 5.75 Å². The molecule has 0 aliphatic rings. The maximum Gasteiger partial charge on any atom is 0.258 e. The van der Waals surface area contributed by atoms with E-state index in [4.69, 9.17) is 4.74 Å². The number of ether oxygens (including phenoxy) is 1. The van der Waals surface area contributed by atoms with Crippen molar-refractivity contribution in [3.05, 3.63) is 72.1 Å². The Morgan fingerprint density at radius 2 is 1.45 bits per heavy atom. The minimum atomic E-state index is -0.306. The second-order valence-electron chi connectivity index (χ2n) is 6.70. The first kappa shape index (κ1) is 20.0. The molecule has 0 bridgehead atoms. The van der Waals surface area contributed by atoms with Gasteiger partial charge < -0.3 is 15.4 Å². The molecule has 3 rings (SSSR count). The van der Waals surface area contributed by atoms with Crippen LogP contribution in [-0.2, 0) is 0 Å². The fraction of sp³-hybridized carbons (Fsp3) is 0.182. The molecule has 0 aliphatic carbocycles. The van der Waals surface area contributed by atoms with E-state index in [2.05, 4.69) is 20.6 Å². The highest BCUT2D eigenvalue weighted by atomic mass is 16.5. The van der Waals surface area contributed by atoms with E-state index >= 15 is 0 Å². The molecule has 0 spiro atoms. The number of hydrogen-bond donors (Lipinski definition) is 2. The fourth-order valence-electron chi connectivity index (χ4n) is 2.52. The number of nitrogens with zero attached hydrogens (tertiary/aromatic N) is 2. The van der Waals surface area contributed by atoms with Gasteiger partial charge in [-0.15, -0.1) is 0 Å². The van der Waals surface area contributed by atoms with Crippen LogP contribution in [0.5, 0.6) is 5.75 Å². The zero-order valence-electron chi connectivity index (χ0n) is 16.5. The number of hydrogen-bond acceptors (Lipinski definition) is 6. The summed E-state index contributed by atoms with van der Waals surface area (Å²) in [5.74, 6) is 0.797. The van der Waals surface area contributed by atoms with Crippen LogP contribution in [0.15, 0.2) is 60.9 Å². The van der Waals surface area contributed by atoms with Crippen molar-refractivity contribution in [2.24, 2.45) is 0 Å². The number of anilines is 3. The Hall–Kier alpha value is -3.74. The molecule has 2 aromatic carbocycles. The van der Waals surface area contributed by atoms with Gasteiger partial charge >= 0.3 is 0 Å². The minimum absolute atomic E-state index is 0.00486. The van der Waals surface area contributed by atoms with Crippen molar-refractivity contribution in [1.82, 2.24) is 9.97 Å². The number of benzene rings is 2. The van der Waals surface area contributed by atoms with Crippen LogP contribution in [0.4, 0.5) is 17.3 Å². The molecule has 0 saturated carbocycles. The number of amides is 1. The molecule has 0 radical (unpaired) electrons. The van der Waals surface area contributed by atoms with Crippen molar-refractivity contribution in [2.45, 2.75) is 26.9 Å². The minimum Gasteiger partial charge on any atom is -0.491 e. The molecule has 1 amide bonds. The summed E-state index contributed by atoms with van der Waals surface area (Å²) in [5, 5.41) is 5.83. The van der Waals surface area contributed by atoms with Gasteiger partial charge in [-0.3, -0.25) is 9.59 Å². The van der Waals surface area contributed by atoms with E-state index in [0.717, 1.165) is 11.4 Å². The second-order valence-corrected chi connectivity index (χ2v) is 6.70. The Kier molecular flexibility index (Phi) is 6.19. The zero-order valence-corrected chi connectivity index (χ0v) is 16.5. The first-order valence-electron chi connectivity index (χ1n) is 9.19. The van der Waals surface area contributed by atoms with Gasteiger partial charge in [0, 0.05) is 29.3 Å². The lowest BCUT2D eigenvalue weighted by molar-refractivity contribution is 0.101. The van der Waals surface area contributed by atoms with Crippen molar-refractivity contribution in [1.29, 1.82) is 0 Å². The predicted octanol–water partition coefficient (Wildman–Crippen LogP) is 4.46. The zero-order chi connectivity index (χ0) is 20.8. The van der Waals surface area contributed by atoms with Gasteiger partial charge in [-0.2, -0.15) is 0 Å². The molecule has 1 heterocycles. The van der Waals surface area contributed by atoms with Crippen molar-refractivity contribution >= 4 is 29.0 Å². The van der Waals surface area contributed by atoms with Crippen LogP contribution >= 0.6 is 0 Å². The summed E-state index contributed by atoms with van der Waals surface area (Å²) in [7, 11) is 0. The van der Waals surface area contributed by atoms with E-state index in [1.807, 2.05) is 13.8 Å². The van der Waals surface area contributed by atoms with E-state index < -0.39 is 0 Å². The number of carbonyl (C=O) groups excluding carboxylic acids is 2. The third-order valence-corrected chi connectivity index (χ3v) is 3.95. The van der Waals surface area contributed by atoms with Gasteiger partial charge in [0.25, 0.3) is 5.91 Å². The Bertz CT molecular complexity index is 982. The molecule has 2 N–H and O–H groups in total. The molecule has 0 atom stereocenters. The largest absolute Gasteiger partial charge is 0.491 e. The molecule has 1 aromatic heterocycles. The number of ketones is 1. The van der Waals surface area contributed by atoms with Crippen LogP contribution in [0.1, 0.15) is 41.5 Å². The lowest BCUT2D eigenvalue weighted by Crippen LogP contribution is -2.13. The highest BCUT2D eigenvalue weighted by molar-refractivity contribution is 6.03. The molecule has 0 aliphatic heterocycles. The third-order valence-electron chi connectivity index (χ3n) is 3.95. The van der Waals surface area contributed by atoms with Crippen LogP contribution in [0.3, 0.4) is 0 Å². The maximum absolute atomic E-state index is 12.4. The van der Waals surface area contributed by atoms with Gasteiger partial charge in [0.15, 0.2) is 5.78 Å². The van der Waals surface area contributed by atoms with Crippen molar-refractivity contribution in [2.75, 3.05) is 10.6 Å². The lowest BCUT2D eigenvalue weighted by atomic mass is 10.1. The van der Waals surface area contributed by atoms with Crippen LogP contribution in [0.2, 0.25) is 0 Å². The number of aromatic nitrogens is 2. The molecule has 148 valence electrons. The van der Waals surface area contributed by atoms with Crippen LogP contribution in [-0.4, -0.2) is 27.8 Å². The highest BCUT2D eigenvalue weighted by Gasteiger charge is 2.09. The number of rotatable bonds is 7. The monoisotopic (exact) mass is 390 g/mol. The SMILES string of the molecule is CC(=O)c1ccc(Nc2ncc(C(=O)Nc3ccc(OC(C)C)cc3)cn2)cc1. The first-order valence-corrected chi connectivity index (χ1v) is 9.19. The standard InChI is InChI=1S/C22H22N4O3/c1-14(2)29-20-10-8-18(9-11-20)25-21(28)17-12-23-22(24-13-17)26-19-6-4-16(5-7-19)15(3)27/h4-14H,1-3H3,(H,25,28)(H,23,24,26). The van der Waals surface area contributed by atoms with Crippen molar-refractivity contribution < 1.29 is 14.3 Å². The van der Waals surface area contributed by atoms with E-state index in [0.29, 0.717) is 22.8 Å². The van der Waals surface area contributed by atoms with Gasteiger partial charge in [0.2, 0.25) is 5.95 Å². The van der Waals surface area contributed by atoms with E-state index in [-0.39, 0.29) is 17.8 Å². The Labute approximate surface area is 169 Å². The fourth-order valence-corrected chi connectivity index (χ4v) is 2.52. The summed E-state index contributed by atoms with van der Waals surface area (Å²) in [6.45, 7) is 5.42. The molecule has 0 unspecified atom stereocenters. The molecule has 29 heavy (non-hydrogen) atoms. The molecule has 0 saturated heterocycles. The van der Waals surface area contributed by atoms with Crippen LogP contribution in [0, 0.1) is 0 Å². The van der Waals surface area contributed by atoms with E-state index in [1.54, 1.807) is 48.5 Å². The van der Waals surface area contributed by atoms with E-state index in [1.165, 1.54) is 19.3 Å². The highest BCUT2D eigenvalue weighted by Crippen LogP contribution is 2.18. The predicted molar refractivity (Wildman–Crippen MR) is 112 cm³/mol. The quantitative estimate of drug-likeness (QED) is 0.579. The maximum atomic E-state index is 12.4. The summed E-state index contributed by atoms with van der Waals surface area (Å²) in [4.78, 5) is 32.0. The molecule has 7 nitrogen and oxygen atoms in total. The first-order chi connectivity index (χ1) is 13.9. The van der Waals surface area contributed by atoms with Gasteiger partial charge in [-0.05, 0) is 69.3 Å².